The van der Waals surface area contributed by atoms with E-state index in [0.29, 0.717) is 10.8 Å². The van der Waals surface area contributed by atoms with Gasteiger partial charge in [-0.25, -0.2) is 0 Å². The molecule has 2 nitrogen and oxygen atoms in total. The van der Waals surface area contributed by atoms with Gasteiger partial charge in [-0.2, -0.15) is 11.8 Å². The van der Waals surface area contributed by atoms with Crippen LogP contribution in [-0.2, 0) is 4.74 Å². The van der Waals surface area contributed by atoms with E-state index in [0.717, 1.165) is 19.8 Å². The first kappa shape index (κ1) is 13.3. The van der Waals surface area contributed by atoms with Gasteiger partial charge < -0.3 is 10.1 Å². The van der Waals surface area contributed by atoms with Crippen LogP contribution in [0.4, 0.5) is 0 Å². The van der Waals surface area contributed by atoms with Crippen LogP contribution in [0.1, 0.15) is 39.5 Å². The Labute approximate surface area is 98.5 Å². The molecule has 0 spiro atoms. The largest absolute Gasteiger partial charge is 0.381 e. The van der Waals surface area contributed by atoms with E-state index in [4.69, 9.17) is 4.74 Å². The lowest BCUT2D eigenvalue weighted by Crippen LogP contribution is -2.43. The van der Waals surface area contributed by atoms with Crippen LogP contribution < -0.4 is 5.32 Å². The maximum atomic E-state index is 5.37. The molecule has 0 bridgehead atoms. The fourth-order valence-corrected chi connectivity index (χ4v) is 2.90. The van der Waals surface area contributed by atoms with Crippen molar-refractivity contribution in [2.75, 3.05) is 26.0 Å². The summed E-state index contributed by atoms with van der Waals surface area (Å²) in [6.07, 6.45) is 7.09. The molecule has 0 aromatic rings. The van der Waals surface area contributed by atoms with Gasteiger partial charge in [0.1, 0.15) is 0 Å². The van der Waals surface area contributed by atoms with Gasteiger partial charge >= 0.3 is 0 Å². The number of nitrogens with one attached hydrogen (secondary N) is 1. The van der Waals surface area contributed by atoms with Crippen LogP contribution >= 0.6 is 11.8 Å². The average molecular weight is 231 g/mol. The van der Waals surface area contributed by atoms with Gasteiger partial charge in [0.25, 0.3) is 0 Å². The Kier molecular flexibility index (Phi) is 6.02. The van der Waals surface area contributed by atoms with Crippen LogP contribution in [0.15, 0.2) is 0 Å². The monoisotopic (exact) mass is 231 g/mol. The summed E-state index contributed by atoms with van der Waals surface area (Å²) in [4.78, 5) is 0. The fraction of sp³-hybridized carbons (Fsp3) is 1.00. The van der Waals surface area contributed by atoms with E-state index < -0.39 is 0 Å². The smallest absolute Gasteiger partial charge is 0.0480 e. The number of hydrogen-bond acceptors (Lipinski definition) is 3. The molecular weight excluding hydrogens is 206 g/mol. The second kappa shape index (κ2) is 6.77. The molecule has 0 saturated carbocycles. The van der Waals surface area contributed by atoms with Gasteiger partial charge in [0.05, 0.1) is 0 Å². The second-order valence-corrected chi connectivity index (χ2v) is 5.64. The van der Waals surface area contributed by atoms with Crippen molar-refractivity contribution in [2.24, 2.45) is 0 Å². The van der Waals surface area contributed by atoms with Crippen molar-refractivity contribution in [3.05, 3.63) is 0 Å². The molecule has 1 aliphatic heterocycles. The van der Waals surface area contributed by atoms with Gasteiger partial charge in [0, 0.05) is 30.5 Å². The average Bonchev–Trinajstić information content (AvgIpc) is 2.33. The van der Waals surface area contributed by atoms with E-state index in [9.17, 15) is 0 Å². The first-order chi connectivity index (χ1) is 7.26. The molecule has 1 saturated heterocycles. The van der Waals surface area contributed by atoms with Crippen molar-refractivity contribution < 1.29 is 4.74 Å². The molecule has 15 heavy (non-hydrogen) atoms. The predicted molar refractivity (Wildman–Crippen MR) is 68.7 cm³/mol. The second-order valence-electron chi connectivity index (χ2n) is 4.36. The molecule has 3 heteroatoms. The lowest BCUT2D eigenvalue weighted by atomic mass is 10.0. The Hall–Kier alpha value is 0.270. The van der Waals surface area contributed by atoms with Crippen molar-refractivity contribution in [1.82, 2.24) is 5.32 Å². The highest BCUT2D eigenvalue weighted by Gasteiger charge is 2.26. The summed E-state index contributed by atoms with van der Waals surface area (Å²) in [5.41, 5.74) is 0. The van der Waals surface area contributed by atoms with Crippen molar-refractivity contribution in [3.63, 3.8) is 0 Å². The van der Waals surface area contributed by atoms with Gasteiger partial charge in [-0.15, -0.1) is 0 Å². The Bertz CT molecular complexity index is 157. The van der Waals surface area contributed by atoms with Gasteiger partial charge in [-0.05, 0) is 31.9 Å². The Morgan fingerprint density at radius 3 is 2.33 bits per heavy atom. The molecule has 0 amide bonds. The first-order valence-electron chi connectivity index (χ1n) is 6.12. The molecule has 1 fully saturated rings. The van der Waals surface area contributed by atoms with Crippen molar-refractivity contribution >= 4 is 11.8 Å². The number of hydrogen-bond donors (Lipinski definition) is 1. The standard InChI is InChI=1S/C12H25NOS/c1-4-12(5-2,15-3)10-13-11-6-8-14-9-7-11/h11,13H,4-10H2,1-3H3. The van der Waals surface area contributed by atoms with E-state index in [-0.39, 0.29) is 0 Å². The third-order valence-corrected chi connectivity index (χ3v) is 5.24. The number of ether oxygens (including phenoxy) is 1. The topological polar surface area (TPSA) is 21.3 Å². The number of thioether (sulfide) groups is 1. The first-order valence-corrected chi connectivity index (χ1v) is 7.35. The van der Waals surface area contributed by atoms with Gasteiger partial charge in [-0.3, -0.25) is 0 Å². The minimum atomic E-state index is 0.443. The van der Waals surface area contributed by atoms with E-state index in [1.807, 2.05) is 11.8 Å². The molecule has 90 valence electrons. The Balaban J connectivity index is 2.31. The molecule has 0 atom stereocenters. The lowest BCUT2D eigenvalue weighted by molar-refractivity contribution is 0.0773. The van der Waals surface area contributed by atoms with Gasteiger partial charge in [0.2, 0.25) is 0 Å². The van der Waals surface area contributed by atoms with E-state index in [1.54, 1.807) is 0 Å². The molecule has 1 N–H and O–H groups in total. The Morgan fingerprint density at radius 2 is 1.87 bits per heavy atom. The minimum Gasteiger partial charge on any atom is -0.381 e. The molecule has 1 rings (SSSR count). The molecule has 1 aliphatic rings. The summed E-state index contributed by atoms with van der Waals surface area (Å²) >= 11 is 2.01. The van der Waals surface area contributed by atoms with Crippen LogP contribution in [-0.4, -0.2) is 36.8 Å². The normalized spacial score (nSPS) is 19.4. The summed E-state index contributed by atoms with van der Waals surface area (Å²) in [6.45, 7) is 7.60. The minimum absolute atomic E-state index is 0.443. The molecule has 1 heterocycles. The zero-order valence-corrected chi connectivity index (χ0v) is 11.2. The maximum Gasteiger partial charge on any atom is 0.0480 e. The van der Waals surface area contributed by atoms with Gasteiger partial charge in [-0.1, -0.05) is 13.8 Å². The molecule has 0 aromatic heterocycles. The fourth-order valence-electron chi connectivity index (χ4n) is 2.09. The summed E-state index contributed by atoms with van der Waals surface area (Å²) in [5.74, 6) is 0. The van der Waals surface area contributed by atoms with Gasteiger partial charge in [0.15, 0.2) is 0 Å². The molecule has 0 radical (unpaired) electrons. The van der Waals surface area contributed by atoms with Crippen LogP contribution in [0.25, 0.3) is 0 Å². The third kappa shape index (κ3) is 3.97. The lowest BCUT2D eigenvalue weighted by Gasteiger charge is -2.33. The van der Waals surface area contributed by atoms with Crippen LogP contribution in [0.2, 0.25) is 0 Å². The SMILES string of the molecule is CCC(CC)(CNC1CCOCC1)SC. The summed E-state index contributed by atoms with van der Waals surface area (Å²) in [7, 11) is 0. The molecular formula is C12H25NOS. The molecule has 0 unspecified atom stereocenters. The maximum absolute atomic E-state index is 5.37. The highest BCUT2D eigenvalue weighted by molar-refractivity contribution is 8.00. The highest BCUT2D eigenvalue weighted by atomic mass is 32.2. The molecule has 0 aliphatic carbocycles. The number of rotatable bonds is 6. The van der Waals surface area contributed by atoms with E-state index >= 15 is 0 Å². The van der Waals surface area contributed by atoms with Crippen molar-refractivity contribution in [2.45, 2.75) is 50.3 Å². The Morgan fingerprint density at radius 1 is 1.27 bits per heavy atom. The third-order valence-electron chi connectivity index (χ3n) is 3.66. The zero-order valence-electron chi connectivity index (χ0n) is 10.3. The summed E-state index contributed by atoms with van der Waals surface area (Å²) < 4.78 is 5.81. The van der Waals surface area contributed by atoms with Crippen LogP contribution in [0.3, 0.4) is 0 Å². The van der Waals surface area contributed by atoms with Crippen molar-refractivity contribution in [1.29, 1.82) is 0 Å². The van der Waals surface area contributed by atoms with Crippen molar-refractivity contribution in [3.8, 4) is 0 Å². The predicted octanol–water partition coefficient (Wildman–Crippen LogP) is 2.68. The van der Waals surface area contributed by atoms with E-state index in [1.165, 1.54) is 25.7 Å². The summed E-state index contributed by atoms with van der Waals surface area (Å²) in [5, 5.41) is 3.71. The zero-order chi connectivity index (χ0) is 11.1. The molecule has 0 aromatic carbocycles. The van der Waals surface area contributed by atoms with Crippen LogP contribution in [0.5, 0.6) is 0 Å². The van der Waals surface area contributed by atoms with E-state index in [2.05, 4.69) is 25.4 Å². The van der Waals surface area contributed by atoms with Crippen LogP contribution in [0, 0.1) is 0 Å². The highest BCUT2D eigenvalue weighted by Crippen LogP contribution is 2.29. The quantitative estimate of drug-likeness (QED) is 0.759. The summed E-state index contributed by atoms with van der Waals surface area (Å²) in [6, 6.07) is 0.684.